The van der Waals surface area contributed by atoms with Crippen LogP contribution < -0.4 is 15.0 Å². The van der Waals surface area contributed by atoms with Gasteiger partial charge in [0.15, 0.2) is 5.82 Å². The molecule has 0 spiro atoms. The molecule has 1 aliphatic heterocycles. The Morgan fingerprint density at radius 1 is 1.19 bits per heavy atom. The second kappa shape index (κ2) is 11.8. The van der Waals surface area contributed by atoms with E-state index in [2.05, 4.69) is 30.4 Å². The molecule has 42 heavy (non-hydrogen) atoms. The van der Waals surface area contributed by atoms with Crippen molar-refractivity contribution in [3.05, 3.63) is 71.6 Å². The smallest absolute Gasteiger partial charge is 0.275 e. The zero-order valence-electron chi connectivity index (χ0n) is 23.4. The van der Waals surface area contributed by atoms with Crippen LogP contribution in [-0.4, -0.2) is 54.2 Å². The molecule has 3 aromatic heterocycles. The van der Waals surface area contributed by atoms with E-state index in [4.69, 9.17) is 4.74 Å². The number of hydrogen-bond acceptors (Lipinski definition) is 8. The van der Waals surface area contributed by atoms with E-state index in [9.17, 15) is 14.0 Å². The molecule has 218 valence electrons. The largest absolute Gasteiger partial charge is 0.457 e. The van der Waals surface area contributed by atoms with E-state index in [1.54, 1.807) is 28.9 Å². The highest BCUT2D eigenvalue weighted by molar-refractivity contribution is 7.16. The average molecular weight is 595 g/mol. The van der Waals surface area contributed by atoms with E-state index in [0.29, 0.717) is 35.0 Å². The normalized spacial score (nSPS) is 16.4. The predicted molar refractivity (Wildman–Crippen MR) is 154 cm³/mol. The van der Waals surface area contributed by atoms with Gasteiger partial charge in [-0.15, -0.1) is 0 Å². The number of hydrogen-bond donors (Lipinski definition) is 1. The first-order valence-corrected chi connectivity index (χ1v) is 13.9. The number of nitrogens with one attached hydrogen (secondary N) is 1. The van der Waals surface area contributed by atoms with Gasteiger partial charge < -0.3 is 10.1 Å². The van der Waals surface area contributed by atoms with E-state index < -0.39 is 17.8 Å². The maximum Gasteiger partial charge on any atom is 0.275 e. The molecule has 4 heterocycles. The third-order valence-electron chi connectivity index (χ3n) is 7.01. The van der Waals surface area contributed by atoms with Crippen molar-refractivity contribution in [3.63, 3.8) is 0 Å². The van der Waals surface area contributed by atoms with Gasteiger partial charge in [0.2, 0.25) is 12.0 Å². The lowest BCUT2D eigenvalue weighted by Gasteiger charge is -2.19. The van der Waals surface area contributed by atoms with Crippen LogP contribution in [0.15, 0.2) is 43.1 Å². The molecule has 1 aromatic carbocycles. The number of benzene rings is 1. The van der Waals surface area contributed by atoms with Crippen molar-refractivity contribution in [1.82, 2.24) is 29.7 Å². The molecule has 0 saturated carbocycles. The molecular formula is C28H29F2N8O3P. The van der Waals surface area contributed by atoms with Crippen molar-refractivity contribution >= 4 is 32.6 Å². The molecule has 1 saturated heterocycles. The van der Waals surface area contributed by atoms with Crippen LogP contribution in [0.2, 0.25) is 0 Å². The molecule has 1 N–H and O–H groups in total. The summed E-state index contributed by atoms with van der Waals surface area (Å²) in [6.07, 6.45) is 6.24. The van der Waals surface area contributed by atoms with Crippen LogP contribution >= 0.6 is 9.24 Å². The van der Waals surface area contributed by atoms with Gasteiger partial charge in [-0.3, -0.25) is 29.1 Å². The van der Waals surface area contributed by atoms with E-state index in [-0.39, 0.29) is 40.6 Å². The van der Waals surface area contributed by atoms with Gasteiger partial charge >= 0.3 is 0 Å². The number of carbonyl (C=O) groups is 2. The molecule has 0 bridgehead atoms. The van der Waals surface area contributed by atoms with Crippen molar-refractivity contribution in [3.8, 4) is 17.0 Å². The predicted octanol–water partition coefficient (Wildman–Crippen LogP) is 4.63. The Kier molecular flexibility index (Phi) is 8.22. The molecule has 2 amide bonds. The number of amides is 2. The summed E-state index contributed by atoms with van der Waals surface area (Å²) in [5.41, 5.74) is 1.76. The second-order valence-corrected chi connectivity index (χ2v) is 10.6. The van der Waals surface area contributed by atoms with Crippen molar-refractivity contribution in [1.29, 1.82) is 0 Å². The zero-order valence-corrected chi connectivity index (χ0v) is 24.5. The number of aryl methyl sites for hydroxylation is 2. The molecule has 0 radical (unpaired) electrons. The fourth-order valence-corrected chi connectivity index (χ4v) is 4.80. The first-order valence-electron chi connectivity index (χ1n) is 13.2. The molecule has 0 aliphatic carbocycles. The first kappa shape index (κ1) is 29.1. The Labute approximate surface area is 243 Å². The summed E-state index contributed by atoms with van der Waals surface area (Å²) in [5, 5.41) is 7.06. The van der Waals surface area contributed by atoms with Crippen LogP contribution in [0.3, 0.4) is 0 Å². The molecule has 4 aromatic rings. The summed E-state index contributed by atoms with van der Waals surface area (Å²) in [7, 11) is 1.83. The number of ether oxygens (including phenoxy) is 1. The van der Waals surface area contributed by atoms with Gasteiger partial charge in [-0.1, -0.05) is 22.2 Å². The van der Waals surface area contributed by atoms with Gasteiger partial charge in [0, 0.05) is 18.7 Å². The van der Waals surface area contributed by atoms with Crippen molar-refractivity contribution < 1.29 is 23.1 Å². The van der Waals surface area contributed by atoms with Crippen molar-refractivity contribution in [2.45, 2.75) is 46.3 Å². The number of anilines is 2. The quantitative estimate of drug-likeness (QED) is 0.293. The van der Waals surface area contributed by atoms with Crippen LogP contribution in [0.25, 0.3) is 11.3 Å². The Balaban J connectivity index is 1.32. The van der Waals surface area contributed by atoms with E-state index in [1.807, 2.05) is 30.0 Å². The number of nitrogens with zero attached hydrogens (tertiary/aromatic N) is 7. The highest BCUT2D eigenvalue weighted by Gasteiger charge is 2.31. The molecule has 14 heteroatoms. The Morgan fingerprint density at radius 2 is 1.98 bits per heavy atom. The van der Waals surface area contributed by atoms with E-state index in [1.165, 1.54) is 30.7 Å². The molecular weight excluding hydrogens is 565 g/mol. The standard InChI is InChI=1S/C28H29F2N8O3P/c1-14-5-6-22(41-28(30)42)23(24(14)29)20-10-31-11-21(36-20)26(39)35-18-9-33-38(13-18)17(4)19-12-32-25(16(3)34-19)37-8-7-15(2)27(37)40/h5-6,9-13,15,17,28H,7-8,42H2,1-4H3,(H,35,39)/t15-,17?,28?/m1/s1. The second-order valence-electron chi connectivity index (χ2n) is 10.1. The lowest BCUT2D eigenvalue weighted by molar-refractivity contribution is -0.119. The zero-order chi connectivity index (χ0) is 30.1. The SMILES string of the molecule is Cc1ccc(OC(F)P)c(-c2cncc(C(=O)Nc3cnn(C(C)c4cnc(N5CC[C@@H](C)C5=O)c(C)n4)c3)n2)c1F. The summed E-state index contributed by atoms with van der Waals surface area (Å²) in [5.74, 6) is -0.771. The van der Waals surface area contributed by atoms with Gasteiger partial charge in [-0.25, -0.2) is 14.4 Å². The molecule has 3 unspecified atom stereocenters. The molecule has 1 aliphatic rings. The fraction of sp³-hybridized carbons (Fsp3) is 0.321. The highest BCUT2D eigenvalue weighted by atomic mass is 31.0. The summed E-state index contributed by atoms with van der Waals surface area (Å²) in [6.45, 7) is 7.77. The minimum absolute atomic E-state index is 0.0105. The lowest BCUT2D eigenvalue weighted by Crippen LogP contribution is -2.28. The van der Waals surface area contributed by atoms with E-state index in [0.717, 1.165) is 6.42 Å². The van der Waals surface area contributed by atoms with Gasteiger partial charge in [-0.2, -0.15) is 9.49 Å². The van der Waals surface area contributed by atoms with Gasteiger partial charge in [0.05, 0.1) is 59.2 Å². The number of halogens is 2. The van der Waals surface area contributed by atoms with Crippen LogP contribution in [0.5, 0.6) is 5.75 Å². The van der Waals surface area contributed by atoms with Crippen LogP contribution in [0, 0.1) is 25.6 Å². The highest BCUT2D eigenvalue weighted by Crippen LogP contribution is 2.34. The van der Waals surface area contributed by atoms with Crippen LogP contribution in [-0.2, 0) is 4.79 Å². The summed E-state index contributed by atoms with van der Waals surface area (Å²) >= 11 is 0. The van der Waals surface area contributed by atoms with Gasteiger partial charge in [-0.05, 0) is 38.8 Å². The molecule has 5 rings (SSSR count). The van der Waals surface area contributed by atoms with Crippen LogP contribution in [0.1, 0.15) is 53.7 Å². The topological polar surface area (TPSA) is 128 Å². The Bertz CT molecular complexity index is 1660. The molecule has 11 nitrogen and oxygen atoms in total. The minimum atomic E-state index is -1.77. The first-order chi connectivity index (χ1) is 20.0. The van der Waals surface area contributed by atoms with Gasteiger partial charge in [0.25, 0.3) is 5.91 Å². The summed E-state index contributed by atoms with van der Waals surface area (Å²) in [4.78, 5) is 44.6. The molecule has 4 atom stereocenters. The third kappa shape index (κ3) is 5.82. The fourth-order valence-electron chi connectivity index (χ4n) is 4.65. The third-order valence-corrected chi connectivity index (χ3v) is 7.15. The molecule has 1 fully saturated rings. The maximum absolute atomic E-state index is 15.0. The average Bonchev–Trinajstić information content (AvgIpc) is 3.56. The van der Waals surface area contributed by atoms with E-state index >= 15 is 4.39 Å². The van der Waals surface area contributed by atoms with Gasteiger partial charge in [0.1, 0.15) is 17.3 Å². The number of rotatable bonds is 8. The number of carbonyl (C=O) groups excluding carboxylic acids is 2. The minimum Gasteiger partial charge on any atom is -0.457 e. The summed E-state index contributed by atoms with van der Waals surface area (Å²) in [6, 6.07) is 2.56. The summed E-state index contributed by atoms with van der Waals surface area (Å²) < 4.78 is 35.3. The van der Waals surface area contributed by atoms with Crippen molar-refractivity contribution in [2.24, 2.45) is 5.92 Å². The Morgan fingerprint density at radius 3 is 2.67 bits per heavy atom. The maximum atomic E-state index is 15.0. The van der Waals surface area contributed by atoms with Crippen LogP contribution in [0.4, 0.5) is 20.3 Å². The lowest BCUT2D eigenvalue weighted by atomic mass is 10.1. The monoisotopic (exact) mass is 594 g/mol. The number of aromatic nitrogens is 6. The Hall–Kier alpha value is -4.38. The number of alkyl halides is 1. The van der Waals surface area contributed by atoms with Crippen molar-refractivity contribution in [2.75, 3.05) is 16.8 Å².